The first kappa shape index (κ1) is 28.2. The fourth-order valence-corrected chi connectivity index (χ4v) is 5.98. The molecule has 3 saturated heterocycles. The highest BCUT2D eigenvalue weighted by atomic mass is 19.4. The molecule has 214 valence electrons. The number of likely N-dealkylation sites (tertiary alicyclic amines) is 1. The third-order valence-electron chi connectivity index (χ3n) is 8.07. The van der Waals surface area contributed by atoms with Gasteiger partial charge in [-0.1, -0.05) is 19.9 Å². The number of pyridine rings is 1. The topological polar surface area (TPSA) is 92.7 Å². The van der Waals surface area contributed by atoms with Gasteiger partial charge in [-0.3, -0.25) is 29.5 Å². The van der Waals surface area contributed by atoms with Crippen LogP contribution in [0.15, 0.2) is 30.5 Å². The summed E-state index contributed by atoms with van der Waals surface area (Å²) in [6.45, 7) is 7.04. The number of benzene rings is 1. The van der Waals surface area contributed by atoms with Gasteiger partial charge in [-0.25, -0.2) is 4.39 Å². The SMILES string of the molecule is CC.Cn1nc(C(F)(F)F)cc1CN1CCC2(c3ccc4ncc(C5CCC(=O)NC5=O)cc4c3F)OC2(C)C1. The molecule has 40 heavy (non-hydrogen) atoms. The van der Waals surface area contributed by atoms with Crippen LogP contribution in [0.25, 0.3) is 10.9 Å². The van der Waals surface area contributed by atoms with Crippen LogP contribution in [-0.2, 0) is 39.7 Å². The molecule has 2 aromatic heterocycles. The molecule has 3 unspecified atom stereocenters. The number of epoxide rings is 1. The summed E-state index contributed by atoms with van der Waals surface area (Å²) in [7, 11) is 1.48. The van der Waals surface area contributed by atoms with E-state index in [-0.39, 0.29) is 24.3 Å². The zero-order valence-corrected chi connectivity index (χ0v) is 22.7. The van der Waals surface area contributed by atoms with Crippen molar-refractivity contribution in [1.82, 2.24) is 25.0 Å². The molecule has 3 atom stereocenters. The Morgan fingerprint density at radius 1 is 1.20 bits per heavy atom. The van der Waals surface area contributed by atoms with Gasteiger partial charge in [0.1, 0.15) is 17.0 Å². The van der Waals surface area contributed by atoms with E-state index in [1.807, 2.05) is 25.7 Å². The summed E-state index contributed by atoms with van der Waals surface area (Å²) in [4.78, 5) is 30.2. The lowest BCUT2D eigenvalue weighted by atomic mass is 9.80. The van der Waals surface area contributed by atoms with Crippen LogP contribution >= 0.6 is 0 Å². The van der Waals surface area contributed by atoms with Crippen LogP contribution in [0, 0.1) is 5.82 Å². The number of fused-ring (bicyclic) bond motifs is 2. The van der Waals surface area contributed by atoms with Crippen LogP contribution in [0.2, 0.25) is 0 Å². The van der Waals surface area contributed by atoms with E-state index in [0.717, 1.165) is 6.07 Å². The Morgan fingerprint density at radius 2 is 1.95 bits per heavy atom. The molecule has 3 fully saturated rings. The molecule has 3 aromatic rings. The van der Waals surface area contributed by atoms with E-state index < -0.39 is 40.7 Å². The number of halogens is 4. The predicted molar refractivity (Wildman–Crippen MR) is 137 cm³/mol. The number of piperidine rings is 2. The number of ether oxygens (including phenoxy) is 1. The van der Waals surface area contributed by atoms with Crippen molar-refractivity contribution < 1.29 is 31.9 Å². The first-order chi connectivity index (χ1) is 18.9. The number of rotatable bonds is 4. The van der Waals surface area contributed by atoms with Gasteiger partial charge >= 0.3 is 6.18 Å². The molecule has 0 spiro atoms. The van der Waals surface area contributed by atoms with Gasteiger partial charge in [0.25, 0.3) is 0 Å². The van der Waals surface area contributed by atoms with E-state index in [0.29, 0.717) is 48.3 Å². The maximum Gasteiger partial charge on any atom is 0.435 e. The number of nitrogens with one attached hydrogen (secondary N) is 1. The van der Waals surface area contributed by atoms with Gasteiger partial charge in [0, 0.05) is 50.2 Å². The summed E-state index contributed by atoms with van der Waals surface area (Å²) in [5, 5.41) is 6.17. The fourth-order valence-electron chi connectivity index (χ4n) is 5.98. The van der Waals surface area contributed by atoms with Crippen LogP contribution in [0.4, 0.5) is 17.6 Å². The number of aromatic nitrogens is 3. The molecule has 12 heteroatoms. The number of hydrogen-bond donors (Lipinski definition) is 1. The first-order valence-electron chi connectivity index (χ1n) is 13.4. The summed E-state index contributed by atoms with van der Waals surface area (Å²) in [5.74, 6) is -1.80. The normalized spacial score (nSPS) is 26.6. The monoisotopic (exact) mass is 561 g/mol. The Balaban J connectivity index is 0.00000158. The molecular formula is C28H31F4N5O3. The van der Waals surface area contributed by atoms with Crippen LogP contribution in [-0.4, -0.2) is 50.2 Å². The van der Waals surface area contributed by atoms with Crippen LogP contribution in [0.3, 0.4) is 0 Å². The standard InChI is InChI=1S/C26H25F4N5O3.C2H6/c1-24-13-35(12-15-10-20(26(28,29)30)33-34(15)2)8-7-25(24,38-24)18-4-5-19-17(22(18)27)9-14(11-31-19)16-3-6-21(36)32-23(16)37;1-2/h4-5,9-11,16H,3,6-8,12-13H2,1-2H3,(H,32,36,37);1-2H3. The Labute approximate surface area is 228 Å². The van der Waals surface area contributed by atoms with Crippen molar-refractivity contribution in [3.05, 3.63) is 58.8 Å². The highest BCUT2D eigenvalue weighted by Gasteiger charge is 2.70. The predicted octanol–water partition coefficient (Wildman–Crippen LogP) is 4.56. The number of hydrogen-bond acceptors (Lipinski definition) is 6. The second-order valence-electron chi connectivity index (χ2n) is 10.5. The summed E-state index contributed by atoms with van der Waals surface area (Å²) in [5.41, 5.74) is -0.712. The van der Waals surface area contributed by atoms with Gasteiger partial charge < -0.3 is 4.74 Å². The van der Waals surface area contributed by atoms with Gasteiger partial charge in [0.2, 0.25) is 11.8 Å². The van der Waals surface area contributed by atoms with E-state index in [1.165, 1.54) is 11.7 Å². The smallest absolute Gasteiger partial charge is 0.356 e. The van der Waals surface area contributed by atoms with Gasteiger partial charge in [0.05, 0.1) is 17.1 Å². The van der Waals surface area contributed by atoms with Crippen molar-refractivity contribution >= 4 is 22.7 Å². The minimum Gasteiger partial charge on any atom is -0.356 e. The molecule has 0 bridgehead atoms. The van der Waals surface area contributed by atoms with Crippen molar-refractivity contribution in [2.75, 3.05) is 13.1 Å². The van der Waals surface area contributed by atoms with E-state index in [9.17, 15) is 22.8 Å². The summed E-state index contributed by atoms with van der Waals surface area (Å²) in [6, 6.07) is 6.06. The highest BCUT2D eigenvalue weighted by molar-refractivity contribution is 6.01. The second-order valence-corrected chi connectivity index (χ2v) is 10.5. The molecule has 2 amide bonds. The number of alkyl halides is 3. The van der Waals surface area contributed by atoms with Crippen molar-refractivity contribution in [2.24, 2.45) is 7.05 Å². The van der Waals surface area contributed by atoms with Crippen molar-refractivity contribution in [1.29, 1.82) is 0 Å². The zero-order valence-electron chi connectivity index (χ0n) is 22.7. The Hall–Kier alpha value is -3.38. The maximum atomic E-state index is 16.0. The average molecular weight is 562 g/mol. The average Bonchev–Trinajstić information content (AvgIpc) is 3.37. The molecule has 0 aliphatic carbocycles. The molecule has 0 saturated carbocycles. The van der Waals surface area contributed by atoms with Crippen molar-refractivity contribution in [3.8, 4) is 0 Å². The lowest BCUT2D eigenvalue weighted by Crippen LogP contribution is -2.44. The van der Waals surface area contributed by atoms with Crippen molar-refractivity contribution in [3.63, 3.8) is 0 Å². The third kappa shape index (κ3) is 4.66. The Morgan fingerprint density at radius 3 is 2.60 bits per heavy atom. The molecule has 6 rings (SSSR count). The number of amides is 2. The van der Waals surface area contributed by atoms with Gasteiger partial charge in [-0.05, 0) is 43.5 Å². The molecule has 3 aliphatic rings. The summed E-state index contributed by atoms with van der Waals surface area (Å²) >= 11 is 0. The minimum absolute atomic E-state index is 0.207. The zero-order chi connectivity index (χ0) is 29.0. The van der Waals surface area contributed by atoms with Gasteiger partial charge in [-0.2, -0.15) is 18.3 Å². The third-order valence-corrected chi connectivity index (χ3v) is 8.07. The van der Waals surface area contributed by atoms with Crippen LogP contribution in [0.5, 0.6) is 0 Å². The highest BCUT2D eigenvalue weighted by Crippen LogP contribution is 2.61. The fraction of sp³-hybridized carbons (Fsp3) is 0.500. The molecular weight excluding hydrogens is 530 g/mol. The molecule has 8 nitrogen and oxygen atoms in total. The maximum absolute atomic E-state index is 16.0. The quantitative estimate of drug-likeness (QED) is 0.285. The lowest BCUT2D eigenvalue weighted by Gasteiger charge is -2.32. The van der Waals surface area contributed by atoms with Crippen molar-refractivity contribution in [2.45, 2.75) is 69.9 Å². The molecule has 5 heterocycles. The number of imide groups is 1. The molecule has 1 aromatic carbocycles. The van der Waals surface area contributed by atoms with E-state index >= 15 is 4.39 Å². The minimum atomic E-state index is -4.51. The van der Waals surface area contributed by atoms with Crippen LogP contribution < -0.4 is 5.32 Å². The second kappa shape index (κ2) is 9.91. The van der Waals surface area contributed by atoms with E-state index in [2.05, 4.69) is 15.4 Å². The summed E-state index contributed by atoms with van der Waals surface area (Å²) in [6.07, 6.45) is -1.98. The van der Waals surface area contributed by atoms with Gasteiger partial charge in [0.15, 0.2) is 5.69 Å². The number of aryl methyl sites for hydroxylation is 1. The van der Waals surface area contributed by atoms with E-state index in [4.69, 9.17) is 4.74 Å². The number of nitrogens with zero attached hydrogens (tertiary/aromatic N) is 4. The first-order valence-corrected chi connectivity index (χ1v) is 13.4. The Kier molecular flexibility index (Phi) is 6.98. The number of carbonyl (C=O) groups excluding carboxylic acids is 2. The molecule has 1 N–H and O–H groups in total. The van der Waals surface area contributed by atoms with Crippen LogP contribution in [0.1, 0.15) is 68.5 Å². The molecule has 3 aliphatic heterocycles. The number of carbonyl (C=O) groups is 2. The van der Waals surface area contributed by atoms with Gasteiger partial charge in [-0.15, -0.1) is 0 Å². The Bertz CT molecular complexity index is 1490. The largest absolute Gasteiger partial charge is 0.435 e. The lowest BCUT2D eigenvalue weighted by molar-refractivity contribution is -0.141. The molecule has 0 radical (unpaired) electrons. The van der Waals surface area contributed by atoms with E-state index in [1.54, 1.807) is 24.4 Å². The summed E-state index contributed by atoms with van der Waals surface area (Å²) < 4.78 is 62.6.